The summed E-state index contributed by atoms with van der Waals surface area (Å²) >= 11 is 0. The summed E-state index contributed by atoms with van der Waals surface area (Å²) in [5.74, 6) is 1.55. The molecule has 1 aromatic carbocycles. The maximum atomic E-state index is 10.5. The zero-order chi connectivity index (χ0) is 17.2. The molecule has 2 aromatic heterocycles. The molecule has 6 heteroatoms. The summed E-state index contributed by atoms with van der Waals surface area (Å²) < 4.78 is 5.27. The maximum absolute atomic E-state index is 10.5. The van der Waals surface area contributed by atoms with Gasteiger partial charge in [-0.3, -0.25) is 9.88 Å². The van der Waals surface area contributed by atoms with Crippen LogP contribution in [-0.4, -0.2) is 44.3 Å². The van der Waals surface area contributed by atoms with Crippen LogP contribution in [0, 0.1) is 5.92 Å². The van der Waals surface area contributed by atoms with Gasteiger partial charge in [-0.2, -0.15) is 4.98 Å². The Hall–Kier alpha value is -2.31. The molecular formula is C19H22N4O2. The van der Waals surface area contributed by atoms with Gasteiger partial charge in [-0.25, -0.2) is 0 Å². The van der Waals surface area contributed by atoms with Gasteiger partial charge in [0.25, 0.3) is 0 Å². The van der Waals surface area contributed by atoms with Crippen molar-refractivity contribution in [2.45, 2.75) is 32.4 Å². The van der Waals surface area contributed by atoms with Crippen LogP contribution in [0.15, 0.2) is 41.1 Å². The Morgan fingerprint density at radius 2 is 2.12 bits per heavy atom. The van der Waals surface area contributed by atoms with Crippen molar-refractivity contribution in [2.75, 3.05) is 13.1 Å². The molecule has 0 spiro atoms. The lowest BCUT2D eigenvalue weighted by Crippen LogP contribution is -2.21. The number of aliphatic hydroxyl groups is 1. The zero-order valence-corrected chi connectivity index (χ0v) is 14.3. The number of aryl methyl sites for hydroxylation is 1. The van der Waals surface area contributed by atoms with Crippen molar-refractivity contribution in [3.8, 4) is 0 Å². The lowest BCUT2D eigenvalue weighted by molar-refractivity contribution is 0.139. The number of hydrogen-bond acceptors (Lipinski definition) is 6. The summed E-state index contributed by atoms with van der Waals surface area (Å²) in [6, 6.07) is 10.2. The van der Waals surface area contributed by atoms with Crippen LogP contribution >= 0.6 is 0 Å². The molecule has 0 aliphatic carbocycles. The molecule has 4 rings (SSSR count). The monoisotopic (exact) mass is 338 g/mol. The van der Waals surface area contributed by atoms with Crippen molar-refractivity contribution < 1.29 is 9.63 Å². The number of hydrogen-bond donors (Lipinski definition) is 1. The zero-order valence-electron chi connectivity index (χ0n) is 14.3. The fourth-order valence-electron chi connectivity index (χ4n) is 3.58. The van der Waals surface area contributed by atoms with E-state index in [0.29, 0.717) is 19.0 Å². The van der Waals surface area contributed by atoms with Gasteiger partial charge in [0.15, 0.2) is 5.82 Å². The SMILES string of the molecule is CCc1noc(CN2C[C@@H](Cc3ccnc4ccccc34)[C@H](O)C2)n1. The topological polar surface area (TPSA) is 75.3 Å². The van der Waals surface area contributed by atoms with Gasteiger partial charge in [0.2, 0.25) is 5.89 Å². The van der Waals surface area contributed by atoms with Crippen LogP contribution in [0.25, 0.3) is 10.9 Å². The number of benzene rings is 1. The molecule has 25 heavy (non-hydrogen) atoms. The van der Waals surface area contributed by atoms with Crippen LogP contribution in [0.5, 0.6) is 0 Å². The molecule has 1 aliphatic rings. The van der Waals surface area contributed by atoms with E-state index in [1.165, 1.54) is 10.9 Å². The molecule has 0 saturated carbocycles. The predicted octanol–water partition coefficient (Wildman–Crippen LogP) is 2.22. The number of nitrogens with zero attached hydrogens (tertiary/aromatic N) is 4. The lowest BCUT2D eigenvalue weighted by atomic mass is 9.94. The Morgan fingerprint density at radius 3 is 2.96 bits per heavy atom. The second-order valence-electron chi connectivity index (χ2n) is 6.67. The number of β-amino-alcohol motifs (C(OH)–C–C–N with tert-alkyl or cyclic N) is 1. The number of aromatic nitrogens is 3. The predicted molar refractivity (Wildman–Crippen MR) is 93.9 cm³/mol. The third-order valence-corrected chi connectivity index (χ3v) is 4.89. The Labute approximate surface area is 146 Å². The molecule has 1 saturated heterocycles. The van der Waals surface area contributed by atoms with E-state index in [0.717, 1.165) is 30.7 Å². The van der Waals surface area contributed by atoms with Crippen LogP contribution in [0.1, 0.15) is 24.2 Å². The van der Waals surface area contributed by atoms with Crippen molar-refractivity contribution in [1.29, 1.82) is 0 Å². The number of aliphatic hydroxyl groups excluding tert-OH is 1. The first-order valence-corrected chi connectivity index (χ1v) is 8.77. The summed E-state index contributed by atoms with van der Waals surface area (Å²) in [4.78, 5) is 11.0. The molecular weight excluding hydrogens is 316 g/mol. The van der Waals surface area contributed by atoms with Crippen LogP contribution in [0.2, 0.25) is 0 Å². The van der Waals surface area contributed by atoms with Gasteiger partial charge < -0.3 is 9.63 Å². The van der Waals surface area contributed by atoms with Gasteiger partial charge in [0, 0.05) is 37.0 Å². The van der Waals surface area contributed by atoms with Gasteiger partial charge in [0.1, 0.15) is 0 Å². The van der Waals surface area contributed by atoms with Crippen molar-refractivity contribution in [2.24, 2.45) is 5.92 Å². The molecule has 0 bridgehead atoms. The largest absolute Gasteiger partial charge is 0.391 e. The maximum Gasteiger partial charge on any atom is 0.240 e. The van der Waals surface area contributed by atoms with Crippen molar-refractivity contribution in [3.63, 3.8) is 0 Å². The molecule has 130 valence electrons. The Kier molecular flexibility index (Phi) is 4.46. The molecule has 1 aliphatic heterocycles. The fourth-order valence-corrected chi connectivity index (χ4v) is 3.58. The van der Waals surface area contributed by atoms with Gasteiger partial charge in [-0.1, -0.05) is 30.3 Å². The third-order valence-electron chi connectivity index (χ3n) is 4.89. The van der Waals surface area contributed by atoms with E-state index in [9.17, 15) is 5.11 Å². The van der Waals surface area contributed by atoms with E-state index < -0.39 is 0 Å². The van der Waals surface area contributed by atoms with Gasteiger partial charge in [-0.05, 0) is 24.1 Å². The molecule has 0 radical (unpaired) electrons. The van der Waals surface area contributed by atoms with Gasteiger partial charge in [0.05, 0.1) is 18.2 Å². The highest BCUT2D eigenvalue weighted by molar-refractivity contribution is 5.81. The minimum absolute atomic E-state index is 0.194. The lowest BCUT2D eigenvalue weighted by Gasteiger charge is -2.15. The number of fused-ring (bicyclic) bond motifs is 1. The van der Waals surface area contributed by atoms with Crippen molar-refractivity contribution >= 4 is 10.9 Å². The molecule has 1 N–H and O–H groups in total. The molecule has 6 nitrogen and oxygen atoms in total. The second-order valence-corrected chi connectivity index (χ2v) is 6.67. The van der Waals surface area contributed by atoms with Crippen LogP contribution in [0.4, 0.5) is 0 Å². The Balaban J connectivity index is 1.46. The van der Waals surface area contributed by atoms with Crippen molar-refractivity contribution in [1.82, 2.24) is 20.0 Å². The fraction of sp³-hybridized carbons (Fsp3) is 0.421. The third kappa shape index (κ3) is 3.41. The minimum atomic E-state index is -0.347. The normalized spacial score (nSPS) is 21.2. The second kappa shape index (κ2) is 6.90. The minimum Gasteiger partial charge on any atom is -0.391 e. The average Bonchev–Trinajstić information content (AvgIpc) is 3.22. The van der Waals surface area contributed by atoms with E-state index in [-0.39, 0.29) is 12.0 Å². The van der Waals surface area contributed by atoms with Gasteiger partial charge in [-0.15, -0.1) is 0 Å². The Morgan fingerprint density at radius 1 is 1.24 bits per heavy atom. The van der Waals surface area contributed by atoms with E-state index in [1.54, 1.807) is 0 Å². The van der Waals surface area contributed by atoms with E-state index in [2.05, 4.69) is 32.2 Å². The highest BCUT2D eigenvalue weighted by Gasteiger charge is 2.32. The van der Waals surface area contributed by atoms with E-state index >= 15 is 0 Å². The number of pyridine rings is 1. The first kappa shape index (κ1) is 16.2. The first-order valence-electron chi connectivity index (χ1n) is 8.77. The van der Waals surface area contributed by atoms with Crippen LogP contribution in [-0.2, 0) is 19.4 Å². The first-order chi connectivity index (χ1) is 12.2. The summed E-state index contributed by atoms with van der Waals surface area (Å²) in [6.07, 6.45) is 3.11. The highest BCUT2D eigenvalue weighted by Crippen LogP contribution is 2.26. The van der Waals surface area contributed by atoms with Gasteiger partial charge >= 0.3 is 0 Å². The molecule has 2 atom stereocenters. The van der Waals surface area contributed by atoms with E-state index in [1.807, 2.05) is 31.3 Å². The summed E-state index contributed by atoms with van der Waals surface area (Å²) in [5.41, 5.74) is 2.24. The number of para-hydroxylation sites is 1. The number of likely N-dealkylation sites (tertiary alicyclic amines) is 1. The molecule has 1 fully saturated rings. The van der Waals surface area contributed by atoms with Crippen LogP contribution < -0.4 is 0 Å². The molecule has 3 heterocycles. The molecule has 3 aromatic rings. The highest BCUT2D eigenvalue weighted by atomic mass is 16.5. The quantitative estimate of drug-likeness (QED) is 0.769. The molecule has 0 amide bonds. The molecule has 0 unspecified atom stereocenters. The summed E-state index contributed by atoms with van der Waals surface area (Å²) in [5, 5.41) is 15.6. The Bertz CT molecular complexity index is 858. The van der Waals surface area contributed by atoms with E-state index in [4.69, 9.17) is 4.52 Å². The summed E-state index contributed by atoms with van der Waals surface area (Å²) in [7, 11) is 0. The average molecular weight is 338 g/mol. The standard InChI is InChI=1S/C19H22N4O2/c1-2-18-21-19(25-22-18)12-23-10-14(17(24)11-23)9-13-7-8-20-16-6-4-3-5-15(13)16/h3-8,14,17,24H,2,9-12H2,1H3/t14-,17-/m1/s1. The number of rotatable bonds is 5. The van der Waals surface area contributed by atoms with Crippen molar-refractivity contribution in [3.05, 3.63) is 53.8 Å². The smallest absolute Gasteiger partial charge is 0.240 e. The summed E-state index contributed by atoms with van der Waals surface area (Å²) in [6.45, 7) is 4.06. The van der Waals surface area contributed by atoms with Crippen LogP contribution in [0.3, 0.4) is 0 Å².